The molecule has 2 heterocycles. The fourth-order valence-corrected chi connectivity index (χ4v) is 3.09. The first-order chi connectivity index (χ1) is 14.0. The Balaban J connectivity index is 2.09. The van der Waals surface area contributed by atoms with Gasteiger partial charge in [0.2, 0.25) is 6.41 Å². The van der Waals surface area contributed by atoms with Gasteiger partial charge in [0.25, 0.3) is 0 Å². The summed E-state index contributed by atoms with van der Waals surface area (Å²) >= 11 is 0. The number of aromatic nitrogens is 4. The van der Waals surface area contributed by atoms with E-state index in [1.165, 1.54) is 35.8 Å². The smallest absolute Gasteiger partial charge is 0.332 e. The molecule has 0 saturated carbocycles. The number of phenols is 1. The van der Waals surface area contributed by atoms with Crippen LogP contribution in [0.25, 0.3) is 28.2 Å². The molecule has 4 rings (SSSR count). The van der Waals surface area contributed by atoms with Crippen LogP contribution in [0, 0.1) is 0 Å². The third kappa shape index (κ3) is 3.08. The minimum absolute atomic E-state index is 0.0488. The molecule has 0 spiro atoms. The molecule has 0 aliphatic carbocycles. The Labute approximate surface area is 164 Å². The Kier molecular flexibility index (Phi) is 4.47. The van der Waals surface area contributed by atoms with Crippen LogP contribution in [-0.4, -0.2) is 45.2 Å². The molecule has 29 heavy (non-hydrogen) atoms. The van der Waals surface area contributed by atoms with E-state index in [1.54, 1.807) is 36.4 Å². The highest BCUT2D eigenvalue weighted by atomic mass is 16.5. The summed E-state index contributed by atoms with van der Waals surface area (Å²) in [5, 5.41) is 9.82. The number of carbonyl (C=O) groups is 1. The zero-order chi connectivity index (χ0) is 20.5. The second kappa shape index (κ2) is 7.12. The number of hydrogen-bond donors (Lipinski definition) is 2. The fourth-order valence-electron chi connectivity index (χ4n) is 3.09. The number of hydrogen-bond acceptors (Lipinski definition) is 6. The number of benzene rings is 2. The number of amides is 1. The van der Waals surface area contributed by atoms with Gasteiger partial charge in [0.1, 0.15) is 17.0 Å². The maximum absolute atomic E-state index is 12.8. The predicted molar refractivity (Wildman–Crippen MR) is 108 cm³/mol. The van der Waals surface area contributed by atoms with Crippen molar-refractivity contribution in [3.8, 4) is 28.6 Å². The largest absolute Gasteiger partial charge is 0.508 e. The SMILES string of the molecule is COc1ccccc1-n1c(=O)[nH]c2c(N(C)C=O)nc(-c3cccc(O)c3)nc21. The van der Waals surface area contributed by atoms with Crippen molar-refractivity contribution in [3.63, 3.8) is 0 Å². The lowest BCUT2D eigenvalue weighted by atomic mass is 10.2. The average molecular weight is 391 g/mol. The molecule has 0 fully saturated rings. The number of para-hydroxylation sites is 2. The van der Waals surface area contributed by atoms with Gasteiger partial charge in [-0.1, -0.05) is 24.3 Å². The summed E-state index contributed by atoms with van der Waals surface area (Å²) in [5.41, 5.74) is 1.16. The first-order valence-electron chi connectivity index (χ1n) is 8.67. The van der Waals surface area contributed by atoms with E-state index in [1.807, 2.05) is 0 Å². The van der Waals surface area contributed by atoms with Gasteiger partial charge in [-0.3, -0.25) is 4.79 Å². The van der Waals surface area contributed by atoms with E-state index < -0.39 is 5.69 Å². The number of methoxy groups -OCH3 is 1. The summed E-state index contributed by atoms with van der Waals surface area (Å²) in [7, 11) is 3.04. The number of phenolic OH excluding ortho intramolecular Hbond substituents is 1. The first-order valence-corrected chi connectivity index (χ1v) is 8.67. The summed E-state index contributed by atoms with van der Waals surface area (Å²) in [6, 6.07) is 13.4. The lowest BCUT2D eigenvalue weighted by Crippen LogP contribution is -2.16. The second-order valence-corrected chi connectivity index (χ2v) is 6.27. The number of ether oxygens (including phenoxy) is 1. The Bertz CT molecular complexity index is 1280. The third-order valence-corrected chi connectivity index (χ3v) is 4.44. The summed E-state index contributed by atoms with van der Waals surface area (Å²) in [6.45, 7) is 0. The summed E-state index contributed by atoms with van der Waals surface area (Å²) in [4.78, 5) is 37.2. The molecule has 0 radical (unpaired) electrons. The quantitative estimate of drug-likeness (QED) is 0.504. The molecule has 4 aromatic rings. The number of aromatic amines is 1. The highest BCUT2D eigenvalue weighted by molar-refractivity contribution is 5.92. The first kappa shape index (κ1) is 18.2. The van der Waals surface area contributed by atoms with Crippen LogP contribution in [-0.2, 0) is 4.79 Å². The van der Waals surface area contributed by atoms with Crippen molar-refractivity contribution in [2.75, 3.05) is 19.1 Å². The van der Waals surface area contributed by atoms with Crippen LogP contribution in [0.2, 0.25) is 0 Å². The van der Waals surface area contributed by atoms with Crippen molar-refractivity contribution < 1.29 is 14.6 Å². The van der Waals surface area contributed by atoms with Gasteiger partial charge in [-0.2, -0.15) is 0 Å². The third-order valence-electron chi connectivity index (χ3n) is 4.44. The maximum atomic E-state index is 12.8. The van der Waals surface area contributed by atoms with E-state index in [9.17, 15) is 14.7 Å². The predicted octanol–water partition coefficient (Wildman–Crippen LogP) is 2.08. The van der Waals surface area contributed by atoms with Crippen molar-refractivity contribution >= 4 is 23.4 Å². The molecule has 9 nitrogen and oxygen atoms in total. The molecule has 0 saturated heterocycles. The molecular formula is C20H17N5O4. The standard InChI is InChI=1S/C20H17N5O4/c1-24(11-26)18-16-19(23-17(22-18)12-6-5-7-13(27)10-12)25(20(28)21-16)14-8-3-4-9-15(14)29-2/h3-11,27H,1-2H3,(H,21,28). The van der Waals surface area contributed by atoms with E-state index in [4.69, 9.17) is 4.74 Å². The van der Waals surface area contributed by atoms with Crippen molar-refractivity contribution in [2.45, 2.75) is 0 Å². The lowest BCUT2D eigenvalue weighted by molar-refractivity contribution is -0.107. The Morgan fingerprint density at radius 2 is 1.97 bits per heavy atom. The highest BCUT2D eigenvalue weighted by Crippen LogP contribution is 2.29. The number of H-pyrrole nitrogens is 1. The van der Waals surface area contributed by atoms with Gasteiger partial charge in [-0.05, 0) is 24.3 Å². The molecule has 2 aromatic heterocycles. The molecule has 2 aromatic carbocycles. The molecule has 0 atom stereocenters. The molecule has 2 N–H and O–H groups in total. The molecule has 0 aliphatic rings. The highest BCUT2D eigenvalue weighted by Gasteiger charge is 2.21. The number of carbonyl (C=O) groups excluding carboxylic acids is 1. The number of rotatable bonds is 5. The maximum Gasteiger partial charge on any atom is 0.332 e. The molecule has 9 heteroatoms. The van der Waals surface area contributed by atoms with Crippen LogP contribution in [0.5, 0.6) is 11.5 Å². The van der Waals surface area contributed by atoms with E-state index in [-0.39, 0.29) is 23.0 Å². The van der Waals surface area contributed by atoms with Crippen LogP contribution in [0.3, 0.4) is 0 Å². The van der Waals surface area contributed by atoms with E-state index in [2.05, 4.69) is 15.0 Å². The normalized spacial score (nSPS) is 10.8. The number of fused-ring (bicyclic) bond motifs is 1. The van der Waals surface area contributed by atoms with Gasteiger partial charge in [-0.15, -0.1) is 0 Å². The molecule has 146 valence electrons. The van der Waals surface area contributed by atoms with Gasteiger partial charge in [0.15, 0.2) is 17.3 Å². The Hall–Kier alpha value is -4.14. The Morgan fingerprint density at radius 1 is 1.17 bits per heavy atom. The molecule has 0 bridgehead atoms. The van der Waals surface area contributed by atoms with Crippen LogP contribution in [0.15, 0.2) is 53.3 Å². The number of imidazole rings is 1. The fraction of sp³-hybridized carbons (Fsp3) is 0.100. The molecule has 0 aliphatic heterocycles. The van der Waals surface area contributed by atoms with E-state index in [0.29, 0.717) is 28.9 Å². The second-order valence-electron chi connectivity index (χ2n) is 6.27. The van der Waals surface area contributed by atoms with Gasteiger partial charge in [0, 0.05) is 12.6 Å². The zero-order valence-electron chi connectivity index (χ0n) is 15.7. The zero-order valence-corrected chi connectivity index (χ0v) is 15.7. The van der Waals surface area contributed by atoms with Gasteiger partial charge < -0.3 is 19.7 Å². The van der Waals surface area contributed by atoms with Crippen LogP contribution < -0.4 is 15.3 Å². The summed E-state index contributed by atoms with van der Waals surface area (Å²) < 4.78 is 6.75. The monoisotopic (exact) mass is 391 g/mol. The van der Waals surface area contributed by atoms with Crippen molar-refractivity contribution in [2.24, 2.45) is 0 Å². The lowest BCUT2D eigenvalue weighted by Gasteiger charge is -2.13. The molecular weight excluding hydrogens is 374 g/mol. The number of nitrogens with zero attached hydrogens (tertiary/aromatic N) is 4. The van der Waals surface area contributed by atoms with Crippen molar-refractivity contribution in [1.82, 2.24) is 19.5 Å². The van der Waals surface area contributed by atoms with E-state index in [0.717, 1.165) is 0 Å². The van der Waals surface area contributed by atoms with Crippen LogP contribution in [0.4, 0.5) is 5.82 Å². The van der Waals surface area contributed by atoms with Crippen molar-refractivity contribution in [3.05, 3.63) is 59.0 Å². The minimum atomic E-state index is -0.451. The molecule has 0 unspecified atom stereocenters. The van der Waals surface area contributed by atoms with Crippen molar-refractivity contribution in [1.29, 1.82) is 0 Å². The van der Waals surface area contributed by atoms with E-state index >= 15 is 0 Å². The summed E-state index contributed by atoms with van der Waals surface area (Å²) in [6.07, 6.45) is 0.590. The molecule has 1 amide bonds. The van der Waals surface area contributed by atoms with Gasteiger partial charge in [0.05, 0.1) is 12.8 Å². The number of nitrogens with one attached hydrogen (secondary N) is 1. The van der Waals surface area contributed by atoms with Crippen LogP contribution >= 0.6 is 0 Å². The number of anilines is 1. The Morgan fingerprint density at radius 3 is 2.69 bits per heavy atom. The van der Waals surface area contributed by atoms with Crippen LogP contribution in [0.1, 0.15) is 0 Å². The van der Waals surface area contributed by atoms with Gasteiger partial charge in [-0.25, -0.2) is 19.3 Å². The topological polar surface area (TPSA) is 113 Å². The number of aromatic hydroxyl groups is 1. The van der Waals surface area contributed by atoms with Gasteiger partial charge >= 0.3 is 5.69 Å². The summed E-state index contributed by atoms with van der Waals surface area (Å²) in [5.74, 6) is 1.01. The minimum Gasteiger partial charge on any atom is -0.508 e. The average Bonchev–Trinajstić information content (AvgIpc) is 3.07.